The molecule has 1 aromatic rings. The lowest BCUT2D eigenvalue weighted by Gasteiger charge is -2.18. The Balaban J connectivity index is 2.46. The summed E-state index contributed by atoms with van der Waals surface area (Å²) in [6, 6.07) is 5.65. The second kappa shape index (κ2) is 3.35. The molecule has 0 saturated carbocycles. The molecule has 0 radical (unpaired) electrons. The van der Waals surface area contributed by atoms with Gasteiger partial charge in [-0.25, -0.2) is 0 Å². The van der Waals surface area contributed by atoms with Gasteiger partial charge < -0.3 is 10.5 Å². The molecule has 2 rings (SSSR count). The number of carbonyl (C=O) groups is 1. The van der Waals surface area contributed by atoms with Crippen molar-refractivity contribution < 1.29 is 9.53 Å². The van der Waals surface area contributed by atoms with Gasteiger partial charge in [0, 0.05) is 6.42 Å². The molecule has 1 heterocycles. The molecule has 80 valence electrons. The summed E-state index contributed by atoms with van der Waals surface area (Å²) in [5.41, 5.74) is 6.66. The van der Waals surface area contributed by atoms with E-state index in [4.69, 9.17) is 10.5 Å². The molecule has 2 N–H and O–H groups in total. The molecule has 0 spiro atoms. The van der Waals surface area contributed by atoms with Crippen LogP contribution in [0.25, 0.3) is 0 Å². The summed E-state index contributed by atoms with van der Waals surface area (Å²) in [6.45, 7) is 4.08. The lowest BCUT2D eigenvalue weighted by molar-refractivity contribution is 0.0910. The first-order valence-electron chi connectivity index (χ1n) is 5.08. The minimum Gasteiger partial charge on any atom is -0.492 e. The van der Waals surface area contributed by atoms with E-state index >= 15 is 0 Å². The number of nitrogens with two attached hydrogens (primary N) is 1. The highest BCUT2D eigenvalue weighted by atomic mass is 16.5. The standard InChI is InChI=1S/C12H15NO2/c1-12(2,13)11(14)9-5-3-4-8-6-7-15-10(8)9/h3-5H,6-7,13H2,1-2H3. The topological polar surface area (TPSA) is 52.3 Å². The molecule has 3 nitrogen and oxygen atoms in total. The summed E-state index contributed by atoms with van der Waals surface area (Å²) in [6.07, 6.45) is 0.876. The van der Waals surface area contributed by atoms with Crippen LogP contribution in [0.3, 0.4) is 0 Å². The number of fused-ring (bicyclic) bond motifs is 1. The monoisotopic (exact) mass is 205 g/mol. The van der Waals surface area contributed by atoms with Crippen molar-refractivity contribution in [3.8, 4) is 5.75 Å². The molecule has 0 amide bonds. The van der Waals surface area contributed by atoms with Crippen LogP contribution in [0.15, 0.2) is 18.2 Å². The van der Waals surface area contributed by atoms with Crippen LogP contribution in [0, 0.1) is 0 Å². The molecule has 1 aliphatic rings. The van der Waals surface area contributed by atoms with Gasteiger partial charge in [0.15, 0.2) is 5.78 Å². The Kier molecular flexibility index (Phi) is 2.27. The van der Waals surface area contributed by atoms with Gasteiger partial charge in [0.2, 0.25) is 0 Å². The molecule has 1 aromatic carbocycles. The Labute approximate surface area is 89.2 Å². The maximum atomic E-state index is 12.0. The summed E-state index contributed by atoms with van der Waals surface area (Å²) in [7, 11) is 0. The van der Waals surface area contributed by atoms with Gasteiger partial charge in [-0.15, -0.1) is 0 Å². The van der Waals surface area contributed by atoms with Crippen LogP contribution in [-0.4, -0.2) is 17.9 Å². The molecule has 0 bridgehead atoms. The van der Waals surface area contributed by atoms with Gasteiger partial charge >= 0.3 is 0 Å². The molecule has 0 atom stereocenters. The maximum absolute atomic E-state index is 12.0. The zero-order valence-electron chi connectivity index (χ0n) is 9.04. The quantitative estimate of drug-likeness (QED) is 0.745. The largest absolute Gasteiger partial charge is 0.492 e. The van der Waals surface area contributed by atoms with Gasteiger partial charge in [0.1, 0.15) is 5.75 Å². The maximum Gasteiger partial charge on any atom is 0.185 e. The van der Waals surface area contributed by atoms with E-state index in [1.54, 1.807) is 19.9 Å². The smallest absolute Gasteiger partial charge is 0.185 e. The number of carbonyl (C=O) groups excluding carboxylic acids is 1. The first-order valence-corrected chi connectivity index (χ1v) is 5.08. The molecule has 0 saturated heterocycles. The second-order valence-corrected chi connectivity index (χ2v) is 4.44. The number of hydrogen-bond donors (Lipinski definition) is 1. The highest BCUT2D eigenvalue weighted by Crippen LogP contribution is 2.31. The second-order valence-electron chi connectivity index (χ2n) is 4.44. The summed E-state index contributed by atoms with van der Waals surface area (Å²) in [5, 5.41) is 0. The van der Waals surface area contributed by atoms with Crippen molar-refractivity contribution in [1.82, 2.24) is 0 Å². The highest BCUT2D eigenvalue weighted by Gasteiger charge is 2.28. The first kappa shape index (κ1) is 10.2. The fourth-order valence-electron chi connectivity index (χ4n) is 1.74. The molecular weight excluding hydrogens is 190 g/mol. The van der Waals surface area contributed by atoms with E-state index in [1.165, 1.54) is 0 Å². The lowest BCUT2D eigenvalue weighted by atomic mass is 9.92. The number of para-hydroxylation sites is 1. The van der Waals surface area contributed by atoms with E-state index in [0.29, 0.717) is 12.2 Å². The number of benzene rings is 1. The van der Waals surface area contributed by atoms with Crippen LogP contribution in [-0.2, 0) is 6.42 Å². The van der Waals surface area contributed by atoms with Gasteiger partial charge in [0.05, 0.1) is 17.7 Å². The van der Waals surface area contributed by atoms with Crippen LogP contribution in [0.5, 0.6) is 5.75 Å². The van der Waals surface area contributed by atoms with Crippen molar-refractivity contribution >= 4 is 5.78 Å². The van der Waals surface area contributed by atoms with E-state index in [2.05, 4.69) is 0 Å². The Morgan fingerprint density at radius 2 is 2.20 bits per heavy atom. The van der Waals surface area contributed by atoms with Crippen molar-refractivity contribution in [3.05, 3.63) is 29.3 Å². The molecule has 0 aromatic heterocycles. The molecular formula is C12H15NO2. The van der Waals surface area contributed by atoms with Gasteiger partial charge in [-0.05, 0) is 25.5 Å². The molecule has 15 heavy (non-hydrogen) atoms. The lowest BCUT2D eigenvalue weighted by Crippen LogP contribution is -2.41. The Hall–Kier alpha value is -1.35. The SMILES string of the molecule is CC(C)(N)C(=O)c1cccc2c1OCC2. The summed E-state index contributed by atoms with van der Waals surface area (Å²) < 4.78 is 5.47. The highest BCUT2D eigenvalue weighted by molar-refractivity contribution is 6.05. The van der Waals surface area contributed by atoms with Crippen molar-refractivity contribution in [2.45, 2.75) is 25.8 Å². The van der Waals surface area contributed by atoms with Gasteiger partial charge in [-0.3, -0.25) is 4.79 Å². The van der Waals surface area contributed by atoms with Crippen molar-refractivity contribution in [2.75, 3.05) is 6.61 Å². The number of Topliss-reactive ketones (excluding diaryl/α,β-unsaturated/α-hetero) is 1. The zero-order chi connectivity index (χ0) is 11.1. The zero-order valence-corrected chi connectivity index (χ0v) is 9.04. The van der Waals surface area contributed by atoms with Crippen LogP contribution >= 0.6 is 0 Å². The van der Waals surface area contributed by atoms with Crippen LogP contribution in [0.2, 0.25) is 0 Å². The third-order valence-corrected chi connectivity index (χ3v) is 2.54. The van der Waals surface area contributed by atoms with E-state index in [0.717, 1.165) is 17.7 Å². The minimum atomic E-state index is -0.846. The minimum absolute atomic E-state index is 0.0683. The molecule has 1 aliphatic heterocycles. The molecule has 0 aliphatic carbocycles. The van der Waals surface area contributed by atoms with Gasteiger partial charge in [0.25, 0.3) is 0 Å². The average molecular weight is 205 g/mol. The summed E-state index contributed by atoms with van der Waals surface area (Å²) in [4.78, 5) is 12.0. The summed E-state index contributed by atoms with van der Waals surface area (Å²) >= 11 is 0. The van der Waals surface area contributed by atoms with Crippen molar-refractivity contribution in [2.24, 2.45) is 5.73 Å². The van der Waals surface area contributed by atoms with E-state index in [9.17, 15) is 4.79 Å². The van der Waals surface area contributed by atoms with E-state index in [-0.39, 0.29) is 5.78 Å². The van der Waals surface area contributed by atoms with E-state index in [1.807, 2.05) is 12.1 Å². The van der Waals surface area contributed by atoms with Gasteiger partial charge in [-0.2, -0.15) is 0 Å². The fourth-order valence-corrected chi connectivity index (χ4v) is 1.74. The van der Waals surface area contributed by atoms with Gasteiger partial charge in [-0.1, -0.05) is 12.1 Å². The Bertz CT molecular complexity index is 405. The third kappa shape index (κ3) is 1.75. The third-order valence-electron chi connectivity index (χ3n) is 2.54. The first-order chi connectivity index (χ1) is 7.00. The van der Waals surface area contributed by atoms with Crippen LogP contribution in [0.4, 0.5) is 0 Å². The molecule has 0 fully saturated rings. The average Bonchev–Trinajstić information content (AvgIpc) is 2.62. The summed E-state index contributed by atoms with van der Waals surface area (Å²) in [5.74, 6) is 0.655. The predicted octanol–water partition coefficient (Wildman–Crippen LogP) is 1.54. The molecule has 3 heteroatoms. The number of rotatable bonds is 2. The van der Waals surface area contributed by atoms with Crippen molar-refractivity contribution in [1.29, 1.82) is 0 Å². The molecule has 0 unspecified atom stereocenters. The van der Waals surface area contributed by atoms with Crippen LogP contribution in [0.1, 0.15) is 29.8 Å². The Morgan fingerprint density at radius 1 is 1.47 bits per heavy atom. The normalized spacial score (nSPS) is 14.6. The Morgan fingerprint density at radius 3 is 2.87 bits per heavy atom. The van der Waals surface area contributed by atoms with E-state index < -0.39 is 5.54 Å². The number of hydrogen-bond acceptors (Lipinski definition) is 3. The predicted molar refractivity (Wildman–Crippen MR) is 58.2 cm³/mol. The fraction of sp³-hybridized carbons (Fsp3) is 0.417. The number of ether oxygens (including phenoxy) is 1. The van der Waals surface area contributed by atoms with Crippen LogP contribution < -0.4 is 10.5 Å². The van der Waals surface area contributed by atoms with Crippen molar-refractivity contribution in [3.63, 3.8) is 0 Å². The number of ketones is 1.